The van der Waals surface area contributed by atoms with E-state index in [2.05, 4.69) is 96.0 Å². The molecule has 0 atom stereocenters. The summed E-state index contributed by atoms with van der Waals surface area (Å²) < 4.78 is 37.1. The second kappa shape index (κ2) is 57.2. The van der Waals surface area contributed by atoms with E-state index in [0.29, 0.717) is 61.4 Å². The van der Waals surface area contributed by atoms with Crippen molar-refractivity contribution in [3.05, 3.63) is 257 Å². The molecule has 0 bridgehead atoms. The van der Waals surface area contributed by atoms with Crippen LogP contribution in [0.1, 0.15) is 60.0 Å². The Morgan fingerprint density at radius 1 is 0.496 bits per heavy atom. The van der Waals surface area contributed by atoms with E-state index in [9.17, 15) is 44.2 Å². The Kier molecular flexibility index (Phi) is 51.0. The Bertz CT molecular complexity index is 5930. The number of Topliss-reactive ketones (excluding diaryl/α,β-unsaturated/α-hetero) is 1. The summed E-state index contributed by atoms with van der Waals surface area (Å²) in [6.45, 7) is 5.38. The summed E-state index contributed by atoms with van der Waals surface area (Å²) >= 11 is 0. The molecule has 7 aromatic carbocycles. The van der Waals surface area contributed by atoms with Gasteiger partial charge in [-0.25, -0.2) is 0 Å². The van der Waals surface area contributed by atoms with Crippen LogP contribution >= 0.6 is 0 Å². The number of nitrogen functional groups attached to an aromatic ring is 2. The van der Waals surface area contributed by atoms with Gasteiger partial charge in [-0.2, -0.15) is 13.2 Å². The average molecular weight is 2220 g/mol. The second-order valence-electron chi connectivity index (χ2n) is 25.4. The predicted molar refractivity (Wildman–Crippen MR) is 465 cm³/mol. The number of primary amides is 1. The van der Waals surface area contributed by atoms with Crippen molar-refractivity contribution in [2.75, 3.05) is 85.3 Å². The minimum absolute atomic E-state index is 0. The van der Waals surface area contributed by atoms with Crippen LogP contribution in [0.5, 0.6) is 0 Å². The van der Waals surface area contributed by atoms with Crippen molar-refractivity contribution in [1.29, 1.82) is 4.78 Å². The van der Waals surface area contributed by atoms with Gasteiger partial charge in [-0.15, -0.1) is 0 Å². The Hall–Kier alpha value is -11.3. The predicted octanol–water partition coefficient (Wildman–Crippen LogP) is 13.1. The van der Waals surface area contributed by atoms with Crippen LogP contribution in [0.4, 0.5) is 34.1 Å². The number of hydrogen-bond acceptors (Lipinski definition) is 21. The number of methoxy groups -OCH3 is 3. The van der Waals surface area contributed by atoms with Crippen LogP contribution < -0.4 is 44.6 Å². The molecule has 43 heteroatoms. The van der Waals surface area contributed by atoms with Crippen LogP contribution in [0, 0.1) is 63.0 Å². The molecule has 0 unspecified atom stereocenters. The van der Waals surface area contributed by atoms with Gasteiger partial charge in [0.1, 0.15) is 19.8 Å². The van der Waals surface area contributed by atoms with Crippen LogP contribution in [0.15, 0.2) is 187 Å². The van der Waals surface area contributed by atoms with Crippen molar-refractivity contribution >= 4 is 150 Å². The molecular weight excluding hydrogens is 2110 g/mol. The Morgan fingerprint density at radius 2 is 0.821 bits per heavy atom. The molecule has 0 aliphatic heterocycles. The van der Waals surface area contributed by atoms with Gasteiger partial charge in [0.2, 0.25) is 17.7 Å². The molecule has 38 nitrogen and oxygen atoms in total. The van der Waals surface area contributed by atoms with E-state index >= 15 is 0 Å². The number of anilines is 2. The number of aromatic nitrogens is 7. The number of nitrogens with zero attached hydrogens (tertiary/aromatic N) is 8. The number of rotatable bonds is 25. The number of aryl methyl sites for hydroxylation is 1. The summed E-state index contributed by atoms with van der Waals surface area (Å²) in [6, 6.07) is 39.5. The number of nitro groups is 2. The smallest absolute Gasteiger partial charge is 0.308 e. The van der Waals surface area contributed by atoms with Gasteiger partial charge in [0.25, 0.3) is 23.1 Å². The quantitative estimate of drug-likeness (QED) is 0.00369. The molecule has 7 heterocycles. The van der Waals surface area contributed by atoms with E-state index in [-0.39, 0.29) is 174 Å². The van der Waals surface area contributed by atoms with Crippen LogP contribution in [0.25, 0.3) is 97.2 Å². The van der Waals surface area contributed by atoms with Crippen molar-refractivity contribution in [2.45, 2.75) is 53.9 Å². The van der Waals surface area contributed by atoms with E-state index in [1.165, 1.54) is 79.3 Å². The largest absolute Gasteiger partial charge is 0.399 e. The topological polar surface area (TPSA) is 632 Å². The summed E-state index contributed by atoms with van der Waals surface area (Å²) in [4.78, 5) is 103. The van der Waals surface area contributed by atoms with Gasteiger partial charge >= 0.3 is 10.5 Å². The van der Waals surface area contributed by atoms with Crippen molar-refractivity contribution in [3.8, 4) is 0 Å². The number of carbonyl (C=O) groups is 5. The molecule has 21 N–H and O–H groups in total. The molecular formula is C80H98N24O14SUVWY. The zero-order valence-electron chi connectivity index (χ0n) is 66.0. The number of amides is 4. The number of hydrogen-bond donors (Lipinski definition) is 16. The average Bonchev–Trinajstić information content (AvgIpc) is 1.64. The maximum Gasteiger partial charge on any atom is 0.308 e. The molecule has 0 spiro atoms. The van der Waals surface area contributed by atoms with E-state index in [4.69, 9.17) is 67.1 Å². The minimum Gasteiger partial charge on any atom is -0.399 e. The van der Waals surface area contributed by atoms with Crippen LogP contribution in [-0.4, -0.2) is 156 Å². The first-order chi connectivity index (χ1) is 56.3. The van der Waals surface area contributed by atoms with Crippen molar-refractivity contribution in [3.63, 3.8) is 0 Å². The van der Waals surface area contributed by atoms with E-state index < -0.39 is 32.0 Å². The van der Waals surface area contributed by atoms with Crippen molar-refractivity contribution in [1.82, 2.24) is 50.8 Å². The monoisotopic (exact) mass is 2210 g/mol. The fourth-order valence-electron chi connectivity index (χ4n) is 11.8. The zero-order chi connectivity index (χ0) is 84.9. The summed E-state index contributed by atoms with van der Waals surface area (Å²) in [7, 11) is 1.89. The number of ketones is 1. The van der Waals surface area contributed by atoms with E-state index in [1.54, 1.807) is 30.5 Å². The fourth-order valence-corrected chi connectivity index (χ4v) is 11.8. The third-order valence-electron chi connectivity index (χ3n) is 17.2. The molecule has 0 fully saturated rings. The number of benzene rings is 7. The van der Waals surface area contributed by atoms with Crippen molar-refractivity contribution < 1.29 is 161 Å². The van der Waals surface area contributed by atoms with Gasteiger partial charge in [-0.3, -0.25) is 44.2 Å². The summed E-state index contributed by atoms with van der Waals surface area (Å²) in [6.07, 6.45) is 16.8. The van der Waals surface area contributed by atoms with Gasteiger partial charge in [-0.05, 0) is 182 Å². The number of azide groups is 2. The molecule has 0 saturated carbocycles. The molecule has 14 aromatic rings. The molecule has 2 radical (unpaired) electrons. The van der Waals surface area contributed by atoms with Crippen molar-refractivity contribution in [2.24, 2.45) is 27.4 Å². The number of nitro benzene ring substituents is 2. The number of non-ortho nitro benzene ring substituents is 2. The molecule has 123 heavy (non-hydrogen) atoms. The second-order valence-corrected chi connectivity index (χ2v) is 25.8. The van der Waals surface area contributed by atoms with E-state index in [0.717, 1.165) is 108 Å². The number of aromatic amines is 7. The standard InChI is InChI=1S/C14H18N2O2.C13H15N5O2.C13H17N3O2.C10H11N5.C10H7N3O4.C10H13N3.C8H6N2O2.2CH4.HNO2S.U.V.W.Y.H2/c1-10-3-4-13-12(7-10)11(8-16-13)5-6-15-14(17)9-18-2;1-20-8-13(19)15-5-4-9-7-16-12-3-2-10(17-18-14)6-11(9)12;1-18-8-13(17)15-5-4-9-7-16-12-3-2-10(14)6-11(9)12;11-4-3-7-6-13-10-2-1-8(14-15-12)5-9(7)10;11-10(15)9(14)7-4-12-8-2-1-5(13(16)17)3-6(7)8;11-4-3-7-6-13-10-2-1-8(12)5-9(7)10;11-10(12)7-1-2-8-6(5-7)3-4-9-8;;;1-4(2)3;;;;;/h3-4,7-8,16H,5-6,9H2,1-2H3,(H,15,17);2-3,6-7,16H,4-5,8H2,1H3,(H,15,19);2-3,6-7,16H,4-5,8,14H2,1H3,(H,15,17);1-2,5-6,13H,3-4,11H2;1-4,12H,(H2,11,15);1-2,5-6,13H,3-4,11-12H2;1-5,9H;2*1H4;1H;;;;;1H/i;;;;;;;;;;;;;;1+2. The van der Waals surface area contributed by atoms with E-state index in [1.807, 2.05) is 97.7 Å². The van der Waals surface area contributed by atoms with Gasteiger partial charge in [0, 0.05) is 322 Å². The molecule has 0 aliphatic rings. The summed E-state index contributed by atoms with van der Waals surface area (Å²) in [5.74, 6) is -2.29. The number of fused-ring (bicyclic) bond motifs is 7. The SMILES string of the molecule is C.C.COCC(=O)NCCc1c[nH]c2ccc(C)cc12.COCC(=O)NCCc1c[nH]c2ccc(N)cc12.COCC(=O)NCCc1c[nH]c2ccc(N=[N+]=[N-])cc12.N=S(=O)=O.NC(=O)C(=O)c1c[nH]c2ccc([N+](=O)[O-])cc12.NCCc1c[nH]c2ccc(N)cc12.O=[N+]([O-])c1ccc2[nH]ccc2c1.[3HH].[N-]=[N+]=Nc1ccc2[nH]cc(CCN)c2c1.[U].[V].[W].[Y]. The third-order valence-corrected chi connectivity index (χ3v) is 17.2. The fraction of sp³-hybridized carbons (Fsp3) is 0.237. The van der Waals surface area contributed by atoms with Crippen LogP contribution in [0.3, 0.4) is 0 Å². The first-order valence-corrected chi connectivity index (χ1v) is 36.8. The Labute approximate surface area is 783 Å². The number of H-pyrrole nitrogens is 7. The number of ether oxygens (including phenoxy) is 3. The van der Waals surface area contributed by atoms with Crippen LogP contribution in [-0.2, 0) is 148 Å². The molecule has 0 saturated heterocycles. The zero-order valence-corrected chi connectivity index (χ0v) is 78.1. The molecule has 0 aliphatic carbocycles. The first kappa shape index (κ1) is 110. The molecule has 14 rings (SSSR count). The van der Waals surface area contributed by atoms with Gasteiger partial charge in [-0.1, -0.05) is 48.8 Å². The molecule has 7 aromatic heterocycles. The molecule has 4 amide bonds. The van der Waals surface area contributed by atoms with Gasteiger partial charge in [0.05, 0.1) is 15.4 Å². The number of carbonyl (C=O) groups excluding carboxylic acids is 5. The number of nitrogens with two attached hydrogens (primary N) is 5. The maximum absolute atomic E-state index is 11.4. The molecule has 646 valence electrons. The summed E-state index contributed by atoms with van der Waals surface area (Å²) in [5, 5.41) is 43.3. The first-order valence-electron chi connectivity index (χ1n) is 35.7. The third kappa shape index (κ3) is 34.5. The Morgan fingerprint density at radius 3 is 1.19 bits per heavy atom. The maximum atomic E-state index is 11.4. The van der Waals surface area contributed by atoms with Gasteiger partial charge in [0.15, 0.2) is 0 Å². The van der Waals surface area contributed by atoms with Gasteiger partial charge < -0.3 is 93.7 Å². The number of nitrogens with one attached hydrogen (secondary N) is 11. The van der Waals surface area contributed by atoms with Crippen LogP contribution in [0.2, 0.25) is 0 Å². The normalized spacial score (nSPS) is 9.84. The Balaban J connectivity index is 0.00000141. The summed E-state index contributed by atoms with van der Waals surface area (Å²) in [5.41, 5.74) is 60.8. The minimum atomic E-state index is -2.61.